The Hall–Kier alpha value is -1.33. The van der Waals surface area contributed by atoms with Crippen LogP contribution in [0.4, 0.5) is 0 Å². The van der Waals surface area contributed by atoms with Crippen molar-refractivity contribution >= 4 is 0 Å². The van der Waals surface area contributed by atoms with Gasteiger partial charge < -0.3 is 0 Å². The van der Waals surface area contributed by atoms with Crippen molar-refractivity contribution in [3.05, 3.63) is 35.4 Å². The van der Waals surface area contributed by atoms with Gasteiger partial charge in [0.25, 0.3) is 0 Å². The van der Waals surface area contributed by atoms with E-state index in [1.54, 1.807) is 0 Å². The molecule has 2 aliphatic rings. The maximum Gasteiger partial charge on any atom is 0.0672 e. The van der Waals surface area contributed by atoms with Gasteiger partial charge in [0.2, 0.25) is 0 Å². The standard InChI is InChI=1S/C19H26N2/c1-2-15-7-8-18(14-20)19(13-15)21-11-9-16-5-3-4-6-17(16)10-12-21/h3-6,15,18-19H,2,7-13H2,1H3. The summed E-state index contributed by atoms with van der Waals surface area (Å²) in [7, 11) is 0. The minimum atomic E-state index is 0.244. The normalized spacial score (nSPS) is 30.2. The number of rotatable bonds is 2. The van der Waals surface area contributed by atoms with E-state index in [1.807, 2.05) is 0 Å². The van der Waals surface area contributed by atoms with Crippen molar-refractivity contribution < 1.29 is 0 Å². The van der Waals surface area contributed by atoms with E-state index >= 15 is 0 Å². The predicted molar refractivity (Wildman–Crippen MR) is 85.9 cm³/mol. The van der Waals surface area contributed by atoms with Crippen molar-refractivity contribution in [1.82, 2.24) is 4.90 Å². The first-order chi connectivity index (χ1) is 10.3. The maximum atomic E-state index is 9.52. The van der Waals surface area contributed by atoms with Crippen molar-refractivity contribution in [2.45, 2.75) is 51.5 Å². The zero-order valence-electron chi connectivity index (χ0n) is 13.1. The van der Waals surface area contributed by atoms with E-state index in [-0.39, 0.29) is 5.92 Å². The zero-order valence-corrected chi connectivity index (χ0v) is 13.1. The second kappa shape index (κ2) is 6.62. The van der Waals surface area contributed by atoms with Gasteiger partial charge in [0.15, 0.2) is 0 Å². The molecule has 0 saturated heterocycles. The second-order valence-electron chi connectivity index (χ2n) is 6.69. The van der Waals surface area contributed by atoms with Crippen molar-refractivity contribution in [3.8, 4) is 6.07 Å². The number of fused-ring (bicyclic) bond motifs is 1. The Morgan fingerprint density at radius 3 is 2.38 bits per heavy atom. The Labute approximate surface area is 128 Å². The van der Waals surface area contributed by atoms with E-state index in [0.717, 1.165) is 38.3 Å². The van der Waals surface area contributed by atoms with Gasteiger partial charge in [0.05, 0.1) is 12.0 Å². The third kappa shape index (κ3) is 3.14. The number of hydrogen-bond donors (Lipinski definition) is 0. The van der Waals surface area contributed by atoms with Crippen LogP contribution < -0.4 is 0 Å². The minimum Gasteiger partial charge on any atom is -0.298 e. The molecule has 1 heterocycles. The van der Waals surface area contributed by atoms with Crippen LogP contribution in [0.15, 0.2) is 24.3 Å². The molecule has 21 heavy (non-hydrogen) atoms. The van der Waals surface area contributed by atoms with Gasteiger partial charge in [-0.3, -0.25) is 4.90 Å². The van der Waals surface area contributed by atoms with Gasteiger partial charge in [0, 0.05) is 19.1 Å². The van der Waals surface area contributed by atoms with Gasteiger partial charge in [-0.05, 0) is 49.1 Å². The molecule has 1 fully saturated rings. The van der Waals surface area contributed by atoms with Gasteiger partial charge in [-0.1, -0.05) is 37.6 Å². The molecule has 112 valence electrons. The first-order valence-electron chi connectivity index (χ1n) is 8.52. The highest BCUT2D eigenvalue weighted by molar-refractivity contribution is 5.28. The molecule has 0 spiro atoms. The van der Waals surface area contributed by atoms with Crippen LogP contribution in [-0.2, 0) is 12.8 Å². The van der Waals surface area contributed by atoms with Crippen molar-refractivity contribution in [2.24, 2.45) is 11.8 Å². The SMILES string of the molecule is CCC1CCC(C#N)C(N2CCc3ccccc3CC2)C1. The zero-order chi connectivity index (χ0) is 14.7. The lowest BCUT2D eigenvalue weighted by atomic mass is 9.77. The lowest BCUT2D eigenvalue weighted by Crippen LogP contribution is -2.45. The summed E-state index contributed by atoms with van der Waals surface area (Å²) in [5.41, 5.74) is 3.02. The van der Waals surface area contributed by atoms with Crippen molar-refractivity contribution in [3.63, 3.8) is 0 Å². The molecule has 0 aromatic heterocycles. The summed E-state index contributed by atoms with van der Waals surface area (Å²) >= 11 is 0. The smallest absolute Gasteiger partial charge is 0.0672 e. The second-order valence-corrected chi connectivity index (χ2v) is 6.69. The first kappa shape index (κ1) is 14.6. The van der Waals surface area contributed by atoms with Crippen LogP contribution in [-0.4, -0.2) is 24.0 Å². The summed E-state index contributed by atoms with van der Waals surface area (Å²) in [5.74, 6) is 1.07. The molecule has 3 atom stereocenters. The Morgan fingerprint density at radius 2 is 1.81 bits per heavy atom. The van der Waals surface area contributed by atoms with Crippen LogP contribution in [0.5, 0.6) is 0 Å². The highest BCUT2D eigenvalue weighted by atomic mass is 15.2. The predicted octanol–water partition coefficient (Wildman–Crippen LogP) is 3.81. The van der Waals surface area contributed by atoms with Crippen molar-refractivity contribution in [1.29, 1.82) is 5.26 Å². The fourth-order valence-corrected chi connectivity index (χ4v) is 4.17. The third-order valence-corrected chi connectivity index (χ3v) is 5.59. The molecule has 1 aromatic carbocycles. The molecule has 0 N–H and O–H groups in total. The van der Waals surface area contributed by atoms with E-state index < -0.39 is 0 Å². The van der Waals surface area contributed by atoms with E-state index in [4.69, 9.17) is 0 Å². The lowest BCUT2D eigenvalue weighted by Gasteiger charge is -2.39. The average Bonchev–Trinajstić information content (AvgIpc) is 2.77. The van der Waals surface area contributed by atoms with Crippen LogP contribution in [0.1, 0.15) is 43.7 Å². The Morgan fingerprint density at radius 1 is 1.14 bits per heavy atom. The quantitative estimate of drug-likeness (QED) is 0.825. The summed E-state index contributed by atoms with van der Waals surface area (Å²) in [5, 5.41) is 9.52. The van der Waals surface area contributed by atoms with Gasteiger partial charge in [-0.2, -0.15) is 5.26 Å². The molecule has 1 saturated carbocycles. The lowest BCUT2D eigenvalue weighted by molar-refractivity contribution is 0.104. The van der Waals surface area contributed by atoms with Crippen LogP contribution in [0.3, 0.4) is 0 Å². The summed E-state index contributed by atoms with van der Waals surface area (Å²) in [6.45, 7) is 4.54. The molecule has 2 nitrogen and oxygen atoms in total. The molecule has 1 aliphatic carbocycles. The molecule has 2 heteroatoms. The summed E-state index contributed by atoms with van der Waals surface area (Å²) in [4.78, 5) is 2.62. The molecule has 0 radical (unpaired) electrons. The highest BCUT2D eigenvalue weighted by Gasteiger charge is 2.34. The highest BCUT2D eigenvalue weighted by Crippen LogP contribution is 2.34. The molecule has 3 rings (SSSR count). The Balaban J connectivity index is 1.73. The summed E-state index contributed by atoms with van der Waals surface area (Å²) < 4.78 is 0. The molecule has 1 aromatic rings. The number of nitriles is 1. The minimum absolute atomic E-state index is 0.244. The Bertz CT molecular complexity index is 490. The van der Waals surface area contributed by atoms with Gasteiger partial charge >= 0.3 is 0 Å². The van der Waals surface area contributed by atoms with Gasteiger partial charge in [0.1, 0.15) is 0 Å². The maximum absolute atomic E-state index is 9.52. The third-order valence-electron chi connectivity index (χ3n) is 5.59. The number of benzene rings is 1. The summed E-state index contributed by atoms with van der Waals surface area (Å²) in [6, 6.07) is 11.9. The molecular formula is C19H26N2. The number of nitrogens with zero attached hydrogens (tertiary/aromatic N) is 2. The molecule has 0 amide bonds. The van der Waals surface area contributed by atoms with E-state index in [1.165, 1.54) is 30.4 Å². The van der Waals surface area contributed by atoms with Crippen LogP contribution in [0.25, 0.3) is 0 Å². The molecule has 0 bridgehead atoms. The Kier molecular flexibility index (Phi) is 4.60. The van der Waals surface area contributed by atoms with E-state index in [0.29, 0.717) is 6.04 Å². The fourth-order valence-electron chi connectivity index (χ4n) is 4.17. The van der Waals surface area contributed by atoms with E-state index in [2.05, 4.69) is 42.2 Å². The van der Waals surface area contributed by atoms with Crippen LogP contribution in [0, 0.1) is 23.2 Å². The molecule has 3 unspecified atom stereocenters. The molecular weight excluding hydrogens is 256 g/mol. The topological polar surface area (TPSA) is 27.0 Å². The number of hydrogen-bond acceptors (Lipinski definition) is 2. The van der Waals surface area contributed by atoms with E-state index in [9.17, 15) is 5.26 Å². The summed E-state index contributed by atoms with van der Waals surface area (Å²) in [6.07, 6.45) is 7.12. The van der Waals surface area contributed by atoms with Crippen LogP contribution >= 0.6 is 0 Å². The molecule has 1 aliphatic heterocycles. The largest absolute Gasteiger partial charge is 0.298 e. The average molecular weight is 282 g/mol. The van der Waals surface area contributed by atoms with Gasteiger partial charge in [-0.15, -0.1) is 0 Å². The van der Waals surface area contributed by atoms with Crippen LogP contribution in [0.2, 0.25) is 0 Å². The van der Waals surface area contributed by atoms with Gasteiger partial charge in [-0.25, -0.2) is 0 Å². The monoisotopic (exact) mass is 282 g/mol. The van der Waals surface area contributed by atoms with Crippen molar-refractivity contribution in [2.75, 3.05) is 13.1 Å². The first-order valence-corrected chi connectivity index (χ1v) is 8.52. The fraction of sp³-hybridized carbons (Fsp3) is 0.632.